The van der Waals surface area contributed by atoms with Crippen molar-refractivity contribution in [3.8, 4) is 5.75 Å². The average molecular weight is 323 g/mol. The Labute approximate surface area is 120 Å². The number of fused-ring (bicyclic) bond motifs is 1. The van der Waals surface area contributed by atoms with Gasteiger partial charge in [-0.3, -0.25) is 0 Å². The van der Waals surface area contributed by atoms with E-state index in [1.165, 1.54) is 0 Å². The number of carbonyl (C=O) groups is 1. The van der Waals surface area contributed by atoms with E-state index in [-0.39, 0.29) is 5.97 Å². The minimum atomic E-state index is -0.607. The second-order valence-electron chi connectivity index (χ2n) is 4.17. The van der Waals surface area contributed by atoms with E-state index in [1.807, 2.05) is 36.4 Å². The van der Waals surface area contributed by atoms with Crippen molar-refractivity contribution in [2.75, 3.05) is 6.61 Å². The Morgan fingerprint density at radius 2 is 1.95 bits per heavy atom. The molecule has 1 atom stereocenters. The van der Waals surface area contributed by atoms with Gasteiger partial charge in [-0.2, -0.15) is 0 Å². The molecule has 0 fully saturated rings. The summed E-state index contributed by atoms with van der Waals surface area (Å²) in [6.07, 6.45) is -0.607. The standard InChI is InChI=1S/C15H15BrO3/c1-3-18-15(17)10(2)19-14-7-5-11-4-6-13(16)8-12(11)9-14/h4-10H,3H2,1-2H3. The molecule has 0 aromatic heterocycles. The van der Waals surface area contributed by atoms with Gasteiger partial charge in [0, 0.05) is 4.47 Å². The molecular formula is C15H15BrO3. The zero-order valence-electron chi connectivity index (χ0n) is 10.9. The van der Waals surface area contributed by atoms with Crippen LogP contribution in [-0.2, 0) is 9.53 Å². The van der Waals surface area contributed by atoms with Crippen molar-refractivity contribution in [1.29, 1.82) is 0 Å². The van der Waals surface area contributed by atoms with Crippen molar-refractivity contribution in [2.24, 2.45) is 0 Å². The summed E-state index contributed by atoms with van der Waals surface area (Å²) < 4.78 is 11.5. The first-order valence-corrected chi connectivity index (χ1v) is 6.92. The quantitative estimate of drug-likeness (QED) is 0.800. The summed E-state index contributed by atoms with van der Waals surface area (Å²) in [5.41, 5.74) is 0. The first-order valence-electron chi connectivity index (χ1n) is 6.12. The third-order valence-electron chi connectivity index (χ3n) is 2.71. The molecule has 2 rings (SSSR count). The molecule has 2 aromatic carbocycles. The van der Waals surface area contributed by atoms with E-state index < -0.39 is 6.10 Å². The molecule has 0 aliphatic rings. The van der Waals surface area contributed by atoms with Gasteiger partial charge in [0.2, 0.25) is 0 Å². The minimum absolute atomic E-state index is 0.350. The van der Waals surface area contributed by atoms with E-state index in [9.17, 15) is 4.79 Å². The summed E-state index contributed by atoms with van der Waals surface area (Å²) in [7, 11) is 0. The van der Waals surface area contributed by atoms with E-state index in [2.05, 4.69) is 15.9 Å². The summed E-state index contributed by atoms with van der Waals surface area (Å²) in [6.45, 7) is 3.82. The van der Waals surface area contributed by atoms with Crippen LogP contribution in [0.25, 0.3) is 10.8 Å². The molecule has 0 N–H and O–H groups in total. The fourth-order valence-electron chi connectivity index (χ4n) is 1.78. The zero-order valence-corrected chi connectivity index (χ0v) is 12.4. The van der Waals surface area contributed by atoms with Gasteiger partial charge in [0.25, 0.3) is 0 Å². The van der Waals surface area contributed by atoms with Crippen LogP contribution in [-0.4, -0.2) is 18.7 Å². The van der Waals surface area contributed by atoms with Crippen molar-refractivity contribution in [3.63, 3.8) is 0 Å². The molecule has 0 spiro atoms. The Morgan fingerprint density at radius 3 is 2.68 bits per heavy atom. The molecule has 0 saturated heterocycles. The molecule has 0 saturated carbocycles. The lowest BCUT2D eigenvalue weighted by molar-refractivity contribution is -0.150. The number of rotatable bonds is 4. The third kappa shape index (κ3) is 3.47. The summed E-state index contributed by atoms with van der Waals surface area (Å²) in [6, 6.07) is 11.8. The maximum atomic E-state index is 11.5. The van der Waals surface area contributed by atoms with Crippen molar-refractivity contribution in [3.05, 3.63) is 40.9 Å². The van der Waals surface area contributed by atoms with Crippen LogP contribution in [0.4, 0.5) is 0 Å². The minimum Gasteiger partial charge on any atom is -0.479 e. The molecule has 0 heterocycles. The molecule has 0 aliphatic carbocycles. The fraction of sp³-hybridized carbons (Fsp3) is 0.267. The predicted octanol–water partition coefficient (Wildman–Crippen LogP) is 3.93. The molecule has 0 bridgehead atoms. The van der Waals surface area contributed by atoms with Crippen molar-refractivity contribution in [1.82, 2.24) is 0 Å². The molecule has 19 heavy (non-hydrogen) atoms. The SMILES string of the molecule is CCOC(=O)C(C)Oc1ccc2ccc(Br)cc2c1. The van der Waals surface area contributed by atoms with E-state index in [4.69, 9.17) is 9.47 Å². The summed E-state index contributed by atoms with van der Waals surface area (Å²) >= 11 is 3.44. The van der Waals surface area contributed by atoms with Crippen LogP contribution in [0.5, 0.6) is 5.75 Å². The van der Waals surface area contributed by atoms with Gasteiger partial charge < -0.3 is 9.47 Å². The molecule has 4 heteroatoms. The van der Waals surface area contributed by atoms with Crippen LogP contribution >= 0.6 is 15.9 Å². The van der Waals surface area contributed by atoms with Gasteiger partial charge in [0.15, 0.2) is 6.10 Å². The number of carbonyl (C=O) groups excluding carboxylic acids is 1. The molecule has 100 valence electrons. The lowest BCUT2D eigenvalue weighted by atomic mass is 10.1. The lowest BCUT2D eigenvalue weighted by Crippen LogP contribution is -2.26. The predicted molar refractivity (Wildman–Crippen MR) is 78.4 cm³/mol. The maximum Gasteiger partial charge on any atom is 0.347 e. The van der Waals surface area contributed by atoms with Gasteiger partial charge in [0.1, 0.15) is 5.75 Å². The van der Waals surface area contributed by atoms with Gasteiger partial charge in [0.05, 0.1) is 6.61 Å². The van der Waals surface area contributed by atoms with Crippen LogP contribution in [0.15, 0.2) is 40.9 Å². The number of esters is 1. The molecule has 0 aliphatic heterocycles. The summed E-state index contributed by atoms with van der Waals surface area (Å²) in [4.78, 5) is 11.5. The zero-order chi connectivity index (χ0) is 13.8. The van der Waals surface area contributed by atoms with Crippen LogP contribution in [0.1, 0.15) is 13.8 Å². The molecule has 3 nitrogen and oxygen atoms in total. The van der Waals surface area contributed by atoms with E-state index in [0.717, 1.165) is 15.2 Å². The van der Waals surface area contributed by atoms with E-state index in [1.54, 1.807) is 13.8 Å². The third-order valence-corrected chi connectivity index (χ3v) is 3.20. The van der Waals surface area contributed by atoms with Crippen molar-refractivity contribution < 1.29 is 14.3 Å². The van der Waals surface area contributed by atoms with Crippen molar-refractivity contribution >= 4 is 32.7 Å². The van der Waals surface area contributed by atoms with Gasteiger partial charge in [-0.15, -0.1) is 0 Å². The molecule has 0 radical (unpaired) electrons. The Hall–Kier alpha value is -1.55. The fourth-order valence-corrected chi connectivity index (χ4v) is 2.16. The summed E-state index contributed by atoms with van der Waals surface area (Å²) in [5.74, 6) is 0.308. The molecule has 0 amide bonds. The monoisotopic (exact) mass is 322 g/mol. The van der Waals surface area contributed by atoms with Crippen molar-refractivity contribution in [2.45, 2.75) is 20.0 Å². The largest absolute Gasteiger partial charge is 0.479 e. The van der Waals surface area contributed by atoms with Gasteiger partial charge in [-0.05, 0) is 48.9 Å². The number of ether oxygens (including phenoxy) is 2. The Morgan fingerprint density at radius 1 is 1.21 bits per heavy atom. The highest BCUT2D eigenvalue weighted by Gasteiger charge is 2.15. The highest BCUT2D eigenvalue weighted by molar-refractivity contribution is 9.10. The molecule has 1 unspecified atom stereocenters. The van der Waals surface area contributed by atoms with Gasteiger partial charge in [-0.1, -0.05) is 28.1 Å². The summed E-state index contributed by atoms with van der Waals surface area (Å²) in [5, 5.41) is 2.18. The number of benzene rings is 2. The molecular weight excluding hydrogens is 308 g/mol. The van der Waals surface area contributed by atoms with Gasteiger partial charge in [-0.25, -0.2) is 4.79 Å². The second kappa shape index (κ2) is 6.06. The number of halogens is 1. The Bertz CT molecular complexity index is 595. The second-order valence-corrected chi connectivity index (χ2v) is 5.08. The smallest absolute Gasteiger partial charge is 0.347 e. The van der Waals surface area contributed by atoms with Crippen LogP contribution in [0.2, 0.25) is 0 Å². The number of hydrogen-bond donors (Lipinski definition) is 0. The van der Waals surface area contributed by atoms with Crippen LogP contribution in [0.3, 0.4) is 0 Å². The Balaban J connectivity index is 2.19. The highest BCUT2D eigenvalue weighted by atomic mass is 79.9. The topological polar surface area (TPSA) is 35.5 Å². The highest BCUT2D eigenvalue weighted by Crippen LogP contribution is 2.24. The maximum absolute atomic E-state index is 11.5. The average Bonchev–Trinajstić information content (AvgIpc) is 2.38. The number of hydrogen-bond acceptors (Lipinski definition) is 3. The van der Waals surface area contributed by atoms with E-state index >= 15 is 0 Å². The van der Waals surface area contributed by atoms with Gasteiger partial charge >= 0.3 is 5.97 Å². The molecule has 2 aromatic rings. The van der Waals surface area contributed by atoms with Crippen LogP contribution in [0, 0.1) is 0 Å². The Kier molecular flexibility index (Phi) is 4.43. The lowest BCUT2D eigenvalue weighted by Gasteiger charge is -2.13. The first kappa shape index (κ1) is 13.9. The normalized spacial score (nSPS) is 12.2. The van der Waals surface area contributed by atoms with Crippen LogP contribution < -0.4 is 4.74 Å². The van der Waals surface area contributed by atoms with E-state index in [0.29, 0.717) is 12.4 Å². The first-order chi connectivity index (χ1) is 9.10.